The first-order valence-corrected chi connectivity index (χ1v) is 8.78. The van der Waals surface area contributed by atoms with Crippen LogP contribution in [-0.4, -0.2) is 34.6 Å². The predicted molar refractivity (Wildman–Crippen MR) is 109 cm³/mol. The Bertz CT molecular complexity index is 1150. The number of carbonyl (C=O) groups is 1. The Labute approximate surface area is 167 Å². The number of pyridine rings is 2. The third kappa shape index (κ3) is 2.96. The van der Waals surface area contributed by atoms with Crippen molar-refractivity contribution in [3.63, 3.8) is 0 Å². The molecule has 4 rings (SSSR count). The lowest BCUT2D eigenvalue weighted by Crippen LogP contribution is -2.24. The van der Waals surface area contributed by atoms with Gasteiger partial charge in [-0.05, 0) is 48.9 Å². The highest BCUT2D eigenvalue weighted by atomic mass is 35.5. The van der Waals surface area contributed by atoms with Crippen LogP contribution in [0.15, 0.2) is 29.3 Å². The summed E-state index contributed by atoms with van der Waals surface area (Å²) >= 11 is 0. The smallest absolute Gasteiger partial charge is 0.341 e. The fourth-order valence-corrected chi connectivity index (χ4v) is 3.75. The predicted octanol–water partition coefficient (Wildman–Crippen LogP) is 3.81. The van der Waals surface area contributed by atoms with Crippen LogP contribution in [0.25, 0.3) is 16.8 Å². The molecule has 1 aliphatic rings. The SMILES string of the molecule is Cc1c(-c2[nH]ccc2N(C)C)c(F)cn2c(=O)c(C(=O)O)cc(C3CC3)c12.Cl. The number of fused-ring (bicyclic) bond motifs is 1. The molecule has 148 valence electrons. The quantitative estimate of drug-likeness (QED) is 0.692. The van der Waals surface area contributed by atoms with Gasteiger partial charge >= 0.3 is 5.97 Å². The van der Waals surface area contributed by atoms with E-state index in [4.69, 9.17) is 0 Å². The summed E-state index contributed by atoms with van der Waals surface area (Å²) in [5.41, 5.74) is 2.84. The monoisotopic (exact) mass is 405 g/mol. The second-order valence-corrected chi connectivity index (χ2v) is 7.23. The Morgan fingerprint density at radius 1 is 1.36 bits per heavy atom. The average Bonchev–Trinajstić information content (AvgIpc) is 3.32. The summed E-state index contributed by atoms with van der Waals surface area (Å²) in [6.07, 6.45) is 4.73. The lowest BCUT2D eigenvalue weighted by atomic mass is 9.98. The van der Waals surface area contributed by atoms with Gasteiger partial charge in [0.1, 0.15) is 11.4 Å². The number of aromatic nitrogens is 2. The molecule has 1 fully saturated rings. The first-order chi connectivity index (χ1) is 12.8. The van der Waals surface area contributed by atoms with Gasteiger partial charge in [0.15, 0.2) is 0 Å². The van der Waals surface area contributed by atoms with Crippen LogP contribution < -0.4 is 10.5 Å². The number of H-pyrrole nitrogens is 1. The zero-order chi connectivity index (χ0) is 19.5. The number of carboxylic acid groups (broad SMARTS) is 1. The van der Waals surface area contributed by atoms with E-state index in [9.17, 15) is 14.7 Å². The summed E-state index contributed by atoms with van der Waals surface area (Å²) in [6, 6.07) is 3.33. The lowest BCUT2D eigenvalue weighted by molar-refractivity contribution is 0.0694. The number of aromatic amines is 1. The number of aryl methyl sites for hydroxylation is 1. The topological polar surface area (TPSA) is 77.8 Å². The molecule has 28 heavy (non-hydrogen) atoms. The molecule has 0 atom stereocenters. The van der Waals surface area contributed by atoms with Crippen molar-refractivity contribution in [2.24, 2.45) is 0 Å². The molecule has 0 unspecified atom stereocenters. The number of aromatic carboxylic acids is 1. The van der Waals surface area contributed by atoms with Crippen LogP contribution in [-0.2, 0) is 0 Å². The number of rotatable bonds is 4. The number of halogens is 2. The van der Waals surface area contributed by atoms with E-state index in [0.717, 1.165) is 34.7 Å². The molecule has 2 N–H and O–H groups in total. The molecule has 1 aliphatic carbocycles. The first-order valence-electron chi connectivity index (χ1n) is 8.78. The summed E-state index contributed by atoms with van der Waals surface area (Å²) in [7, 11) is 3.75. The molecule has 6 nitrogen and oxygen atoms in total. The number of carboxylic acids is 1. The molecule has 3 aromatic rings. The zero-order valence-corrected chi connectivity index (χ0v) is 16.6. The Morgan fingerprint density at radius 2 is 2.04 bits per heavy atom. The summed E-state index contributed by atoms with van der Waals surface area (Å²) in [6.45, 7) is 1.78. The molecule has 3 aromatic heterocycles. The third-order valence-electron chi connectivity index (χ3n) is 5.18. The van der Waals surface area contributed by atoms with Crippen molar-refractivity contribution < 1.29 is 14.3 Å². The van der Waals surface area contributed by atoms with E-state index >= 15 is 4.39 Å². The van der Waals surface area contributed by atoms with E-state index in [2.05, 4.69) is 4.98 Å². The molecular formula is C20H21ClFN3O3. The van der Waals surface area contributed by atoms with Gasteiger partial charge in [0.05, 0.1) is 16.9 Å². The van der Waals surface area contributed by atoms with Crippen LogP contribution in [0.4, 0.5) is 10.1 Å². The summed E-state index contributed by atoms with van der Waals surface area (Å²) in [4.78, 5) is 29.1. The maximum absolute atomic E-state index is 15.1. The summed E-state index contributed by atoms with van der Waals surface area (Å²) < 4.78 is 16.3. The minimum Gasteiger partial charge on any atom is -0.477 e. The second kappa shape index (κ2) is 6.98. The van der Waals surface area contributed by atoms with E-state index in [1.54, 1.807) is 13.1 Å². The maximum Gasteiger partial charge on any atom is 0.341 e. The van der Waals surface area contributed by atoms with Gasteiger partial charge in [-0.25, -0.2) is 9.18 Å². The molecule has 0 spiro atoms. The second-order valence-electron chi connectivity index (χ2n) is 7.23. The largest absolute Gasteiger partial charge is 0.477 e. The molecule has 0 aliphatic heterocycles. The van der Waals surface area contributed by atoms with E-state index in [1.807, 2.05) is 25.1 Å². The molecule has 0 saturated heterocycles. The minimum atomic E-state index is -1.29. The molecule has 0 amide bonds. The number of hydrogen-bond acceptors (Lipinski definition) is 3. The molecule has 1 saturated carbocycles. The summed E-state index contributed by atoms with van der Waals surface area (Å²) in [5, 5.41) is 9.38. The van der Waals surface area contributed by atoms with Crippen molar-refractivity contribution in [1.82, 2.24) is 9.38 Å². The summed E-state index contributed by atoms with van der Waals surface area (Å²) in [5.74, 6) is -1.66. The number of nitrogens with zero attached hydrogens (tertiary/aromatic N) is 2. The van der Waals surface area contributed by atoms with E-state index < -0.39 is 17.3 Å². The van der Waals surface area contributed by atoms with Crippen LogP contribution in [0.5, 0.6) is 0 Å². The number of anilines is 1. The van der Waals surface area contributed by atoms with Crippen molar-refractivity contribution >= 4 is 29.6 Å². The van der Waals surface area contributed by atoms with Crippen LogP contribution in [0.1, 0.15) is 40.2 Å². The van der Waals surface area contributed by atoms with Crippen molar-refractivity contribution in [1.29, 1.82) is 0 Å². The molecule has 0 bridgehead atoms. The van der Waals surface area contributed by atoms with Gasteiger partial charge in [-0.2, -0.15) is 0 Å². The Hall–Kier alpha value is -2.80. The molecule has 8 heteroatoms. The van der Waals surface area contributed by atoms with Crippen LogP contribution >= 0.6 is 12.4 Å². The first kappa shape index (κ1) is 19.9. The molecule has 0 radical (unpaired) electrons. The number of hydrogen-bond donors (Lipinski definition) is 2. The zero-order valence-electron chi connectivity index (χ0n) is 15.7. The average molecular weight is 406 g/mol. The normalized spacial score (nSPS) is 13.4. The van der Waals surface area contributed by atoms with Crippen LogP contribution in [0.3, 0.4) is 0 Å². The van der Waals surface area contributed by atoms with Gasteiger partial charge in [0.2, 0.25) is 0 Å². The van der Waals surface area contributed by atoms with Gasteiger partial charge in [-0.1, -0.05) is 0 Å². The van der Waals surface area contributed by atoms with Crippen molar-refractivity contribution in [2.75, 3.05) is 19.0 Å². The highest BCUT2D eigenvalue weighted by Crippen LogP contribution is 2.44. The van der Waals surface area contributed by atoms with E-state index in [-0.39, 0.29) is 23.9 Å². The highest BCUT2D eigenvalue weighted by molar-refractivity contribution is 5.90. The van der Waals surface area contributed by atoms with Crippen LogP contribution in [0, 0.1) is 12.7 Å². The fraction of sp³-hybridized carbons (Fsp3) is 0.300. The van der Waals surface area contributed by atoms with Gasteiger partial charge in [0, 0.05) is 32.1 Å². The maximum atomic E-state index is 15.1. The lowest BCUT2D eigenvalue weighted by Gasteiger charge is -2.18. The van der Waals surface area contributed by atoms with E-state index in [0.29, 0.717) is 22.3 Å². The van der Waals surface area contributed by atoms with Crippen molar-refractivity contribution in [2.45, 2.75) is 25.7 Å². The molecule has 3 heterocycles. The van der Waals surface area contributed by atoms with Gasteiger partial charge in [-0.3, -0.25) is 9.20 Å². The van der Waals surface area contributed by atoms with Gasteiger partial charge in [0.25, 0.3) is 5.56 Å². The van der Waals surface area contributed by atoms with Gasteiger partial charge < -0.3 is 15.0 Å². The highest BCUT2D eigenvalue weighted by Gasteiger charge is 2.30. The molecule has 0 aromatic carbocycles. The van der Waals surface area contributed by atoms with Crippen LogP contribution in [0.2, 0.25) is 0 Å². The fourth-order valence-electron chi connectivity index (χ4n) is 3.75. The Balaban J connectivity index is 0.00000225. The number of nitrogens with one attached hydrogen (secondary N) is 1. The van der Waals surface area contributed by atoms with E-state index in [1.165, 1.54) is 6.07 Å². The van der Waals surface area contributed by atoms with Gasteiger partial charge in [-0.15, -0.1) is 12.4 Å². The Kier molecular flexibility index (Phi) is 4.97. The van der Waals surface area contributed by atoms with Crippen molar-refractivity contribution in [3.8, 4) is 11.3 Å². The third-order valence-corrected chi connectivity index (χ3v) is 5.18. The Morgan fingerprint density at radius 3 is 2.61 bits per heavy atom. The van der Waals surface area contributed by atoms with Crippen molar-refractivity contribution in [3.05, 3.63) is 57.4 Å². The standard InChI is InChI=1S/C20H20FN3O3.ClH/c1-10-16(17-15(23(2)3)6-7-22-17)14(21)9-24-18(10)12(11-4-5-11)8-13(19(24)25)20(26)27;/h6-9,11,22H,4-5H2,1-3H3,(H,26,27);1H. The molecular weight excluding hydrogens is 385 g/mol. The minimum absolute atomic E-state index is 0.